The monoisotopic (exact) mass is 446 g/mol. The summed E-state index contributed by atoms with van der Waals surface area (Å²) in [6.45, 7) is 4.24. The molecule has 3 aliphatic carbocycles. The summed E-state index contributed by atoms with van der Waals surface area (Å²) in [5.74, 6) is 0.227. The summed E-state index contributed by atoms with van der Waals surface area (Å²) in [5.41, 5.74) is 1.47. The Morgan fingerprint density at radius 3 is 2.80 bits per heavy atom. The minimum atomic E-state index is -0.567. The van der Waals surface area contributed by atoms with E-state index < -0.39 is 11.5 Å². The van der Waals surface area contributed by atoms with Crippen molar-refractivity contribution in [1.29, 1.82) is 0 Å². The molecule has 2 saturated carbocycles. The number of carbonyl (C=O) groups is 1. The third-order valence-corrected chi connectivity index (χ3v) is 9.82. The first-order valence-electron chi connectivity index (χ1n) is 11.0. The van der Waals surface area contributed by atoms with Crippen molar-refractivity contribution in [3.63, 3.8) is 0 Å². The topological polar surface area (TPSA) is 82.5 Å². The zero-order chi connectivity index (χ0) is 21.1. The molecule has 5 rings (SSSR count). The summed E-state index contributed by atoms with van der Waals surface area (Å²) in [4.78, 5) is 19.2. The van der Waals surface area contributed by atoms with Gasteiger partial charge in [0.2, 0.25) is 5.91 Å². The second kappa shape index (κ2) is 7.40. The third kappa shape index (κ3) is 3.25. The number of fused-ring (bicyclic) bond motifs is 2. The first-order chi connectivity index (χ1) is 14.3. The van der Waals surface area contributed by atoms with E-state index in [1.807, 2.05) is 6.92 Å². The normalized spacial score (nSPS) is 35.5. The summed E-state index contributed by atoms with van der Waals surface area (Å²) in [6.07, 6.45) is 4.38. The number of nitrogens with zero attached hydrogens (tertiary/aromatic N) is 1. The van der Waals surface area contributed by atoms with Gasteiger partial charge in [-0.15, -0.1) is 11.3 Å². The van der Waals surface area contributed by atoms with Crippen molar-refractivity contribution in [2.45, 2.75) is 70.4 Å². The van der Waals surface area contributed by atoms with E-state index in [0.717, 1.165) is 41.9 Å². The fourth-order valence-electron chi connectivity index (χ4n) is 5.86. The predicted octanol–water partition coefficient (Wildman–Crippen LogP) is 3.96. The highest BCUT2D eigenvalue weighted by Crippen LogP contribution is 2.63. The maximum absolute atomic E-state index is 12.9. The van der Waals surface area contributed by atoms with E-state index in [1.54, 1.807) is 22.7 Å². The van der Waals surface area contributed by atoms with Crippen molar-refractivity contribution in [2.24, 2.45) is 16.7 Å². The van der Waals surface area contributed by atoms with E-state index in [9.17, 15) is 15.0 Å². The molecule has 5 nitrogen and oxygen atoms in total. The maximum atomic E-state index is 12.9. The van der Waals surface area contributed by atoms with Crippen LogP contribution in [0.1, 0.15) is 62.4 Å². The zero-order valence-corrected chi connectivity index (χ0v) is 19.2. The zero-order valence-electron chi connectivity index (χ0n) is 17.6. The molecule has 0 bridgehead atoms. The van der Waals surface area contributed by atoms with Crippen LogP contribution in [0.25, 0.3) is 10.6 Å². The summed E-state index contributed by atoms with van der Waals surface area (Å²) < 4.78 is 0. The van der Waals surface area contributed by atoms with Crippen LogP contribution in [0.15, 0.2) is 16.8 Å². The van der Waals surface area contributed by atoms with E-state index in [2.05, 4.69) is 29.1 Å². The van der Waals surface area contributed by atoms with Crippen LogP contribution in [0.4, 0.5) is 0 Å². The number of rotatable bonds is 5. The van der Waals surface area contributed by atoms with Gasteiger partial charge in [-0.3, -0.25) is 4.79 Å². The fourth-order valence-corrected chi connectivity index (χ4v) is 7.73. The van der Waals surface area contributed by atoms with Gasteiger partial charge in [-0.25, -0.2) is 4.98 Å². The number of thiazole rings is 1. The summed E-state index contributed by atoms with van der Waals surface area (Å²) in [5, 5.41) is 29.5. The quantitative estimate of drug-likeness (QED) is 0.649. The van der Waals surface area contributed by atoms with Crippen LogP contribution >= 0.6 is 22.7 Å². The standard InChI is InChI=1S/C23H30N2O3S2/c1-22-7-5-18(27)23(2,12-26)17(22)10-16-20(15(22)9-19(28)24-14-3-4-14)25-21(30-16)13-6-8-29-11-13/h6,8,11,14-15,17-18,26-27H,3-5,7,9-10,12H2,1-2H3,(H,24,28). The van der Waals surface area contributed by atoms with Gasteiger partial charge in [0.25, 0.3) is 0 Å². The van der Waals surface area contributed by atoms with Gasteiger partial charge in [0, 0.05) is 39.6 Å². The molecule has 3 aliphatic rings. The van der Waals surface area contributed by atoms with E-state index in [0.29, 0.717) is 18.9 Å². The average molecular weight is 447 g/mol. The average Bonchev–Trinajstić information content (AvgIpc) is 3.20. The summed E-state index contributed by atoms with van der Waals surface area (Å²) in [7, 11) is 0. The lowest BCUT2D eigenvalue weighted by atomic mass is 9.47. The van der Waals surface area contributed by atoms with Gasteiger partial charge in [0.1, 0.15) is 5.01 Å². The Morgan fingerprint density at radius 1 is 1.33 bits per heavy atom. The van der Waals surface area contributed by atoms with Crippen molar-refractivity contribution in [3.05, 3.63) is 27.4 Å². The third-order valence-electron chi connectivity index (χ3n) is 7.99. The number of aliphatic hydroxyl groups is 2. The Kier molecular flexibility index (Phi) is 5.08. The van der Waals surface area contributed by atoms with Crippen LogP contribution in [0.5, 0.6) is 0 Å². The highest BCUT2D eigenvalue weighted by atomic mass is 32.1. The molecule has 2 fully saturated rings. The van der Waals surface area contributed by atoms with Crippen molar-refractivity contribution in [2.75, 3.05) is 6.61 Å². The van der Waals surface area contributed by atoms with Gasteiger partial charge < -0.3 is 15.5 Å². The Bertz CT molecular complexity index is 938. The van der Waals surface area contributed by atoms with Gasteiger partial charge in [-0.2, -0.15) is 11.3 Å². The minimum Gasteiger partial charge on any atom is -0.396 e. The van der Waals surface area contributed by atoms with Crippen LogP contribution in [-0.2, 0) is 11.2 Å². The van der Waals surface area contributed by atoms with Crippen molar-refractivity contribution in [3.8, 4) is 10.6 Å². The van der Waals surface area contributed by atoms with Crippen LogP contribution in [0, 0.1) is 16.7 Å². The number of carbonyl (C=O) groups excluding carboxylic acids is 1. The second-order valence-electron chi connectivity index (χ2n) is 9.92. The first-order valence-corrected chi connectivity index (χ1v) is 12.7. The highest BCUT2D eigenvalue weighted by Gasteiger charge is 2.59. The molecule has 5 unspecified atom stereocenters. The lowest BCUT2D eigenvalue weighted by Crippen LogP contribution is -2.57. The maximum Gasteiger partial charge on any atom is 0.220 e. The van der Waals surface area contributed by atoms with E-state index in [4.69, 9.17) is 4.98 Å². The molecule has 0 spiro atoms. The van der Waals surface area contributed by atoms with Crippen LogP contribution in [0.3, 0.4) is 0 Å². The number of amides is 1. The number of aliphatic hydroxyl groups excluding tert-OH is 2. The van der Waals surface area contributed by atoms with Gasteiger partial charge >= 0.3 is 0 Å². The van der Waals surface area contributed by atoms with Gasteiger partial charge in [0.05, 0.1) is 18.4 Å². The molecule has 0 radical (unpaired) electrons. The molecule has 2 aromatic heterocycles. The van der Waals surface area contributed by atoms with Crippen molar-refractivity contribution < 1.29 is 15.0 Å². The molecule has 0 saturated heterocycles. The molecule has 2 aromatic rings. The predicted molar refractivity (Wildman–Crippen MR) is 120 cm³/mol. The van der Waals surface area contributed by atoms with Crippen molar-refractivity contribution in [1.82, 2.24) is 10.3 Å². The molecule has 1 amide bonds. The number of nitrogens with one attached hydrogen (secondary N) is 1. The molecule has 2 heterocycles. The van der Waals surface area contributed by atoms with Gasteiger partial charge in [-0.05, 0) is 54.9 Å². The molecule has 162 valence electrons. The smallest absolute Gasteiger partial charge is 0.220 e. The molecular weight excluding hydrogens is 416 g/mol. The molecule has 30 heavy (non-hydrogen) atoms. The molecular formula is C23H30N2O3S2. The number of aromatic nitrogens is 1. The minimum absolute atomic E-state index is 0.00649. The Hall–Kier alpha value is -1.28. The van der Waals surface area contributed by atoms with Gasteiger partial charge in [-0.1, -0.05) is 13.8 Å². The largest absolute Gasteiger partial charge is 0.396 e. The molecule has 5 atom stereocenters. The molecule has 0 aliphatic heterocycles. The van der Waals surface area contributed by atoms with E-state index in [1.165, 1.54) is 4.88 Å². The summed E-state index contributed by atoms with van der Waals surface area (Å²) in [6, 6.07) is 2.44. The Labute approximate surface area is 185 Å². The van der Waals surface area contributed by atoms with E-state index >= 15 is 0 Å². The Balaban J connectivity index is 1.57. The molecule has 3 N–H and O–H groups in total. The second-order valence-corrected chi connectivity index (χ2v) is 11.8. The lowest BCUT2D eigenvalue weighted by molar-refractivity contribution is -0.144. The molecule has 7 heteroatoms. The number of thiophene rings is 1. The number of hydrogen-bond acceptors (Lipinski definition) is 6. The van der Waals surface area contributed by atoms with Crippen molar-refractivity contribution >= 4 is 28.6 Å². The lowest BCUT2D eigenvalue weighted by Gasteiger charge is -2.58. The van der Waals surface area contributed by atoms with Crippen LogP contribution < -0.4 is 5.32 Å². The first kappa shape index (κ1) is 20.6. The highest BCUT2D eigenvalue weighted by molar-refractivity contribution is 7.15. The summed E-state index contributed by atoms with van der Waals surface area (Å²) >= 11 is 3.38. The Morgan fingerprint density at radius 2 is 2.13 bits per heavy atom. The number of hydrogen-bond donors (Lipinski definition) is 3. The van der Waals surface area contributed by atoms with Gasteiger partial charge in [0.15, 0.2) is 0 Å². The van der Waals surface area contributed by atoms with E-state index in [-0.39, 0.29) is 29.8 Å². The fraction of sp³-hybridized carbons (Fsp3) is 0.652. The van der Waals surface area contributed by atoms with Crippen LogP contribution in [0.2, 0.25) is 0 Å². The SMILES string of the molecule is CC1(CO)C(O)CCC2(C)C(CC(=O)NC3CC3)c3nc(-c4ccsc4)sc3CC12. The molecule has 0 aromatic carbocycles. The van der Waals surface area contributed by atoms with Crippen LogP contribution in [-0.4, -0.2) is 39.9 Å².